The Hall–Kier alpha value is -2.57. The monoisotopic (exact) mass is 359 g/mol. The Morgan fingerprint density at radius 3 is 2.12 bits per heavy atom. The van der Waals surface area contributed by atoms with E-state index < -0.39 is 11.5 Å². The van der Waals surface area contributed by atoms with E-state index in [1.165, 1.54) is 0 Å². The molecule has 2 fully saturated rings. The molecule has 1 aromatic rings. The molecule has 26 heavy (non-hydrogen) atoms. The molecule has 2 aliphatic rings. The Kier molecular flexibility index (Phi) is 4.64. The number of piperazine rings is 1. The SMILES string of the molecule is CN1C(=O)CC(C(=O)N2CCN(c3ccc(C(=O)O)cc3)CC2)C1(C)C. The zero-order valence-electron chi connectivity index (χ0n) is 15.4. The molecule has 1 atom stereocenters. The van der Waals surface area contributed by atoms with Crippen LogP contribution in [0.4, 0.5) is 5.69 Å². The summed E-state index contributed by atoms with van der Waals surface area (Å²) >= 11 is 0. The quantitative estimate of drug-likeness (QED) is 0.880. The highest BCUT2D eigenvalue weighted by molar-refractivity contribution is 5.91. The first kappa shape index (κ1) is 18.2. The third-order valence-corrected chi connectivity index (χ3v) is 5.84. The van der Waals surface area contributed by atoms with Gasteiger partial charge in [0.1, 0.15) is 0 Å². The molecule has 1 aromatic carbocycles. The average Bonchev–Trinajstić information content (AvgIpc) is 2.84. The predicted octanol–water partition coefficient (Wildman–Crippen LogP) is 1.29. The summed E-state index contributed by atoms with van der Waals surface area (Å²) in [5, 5.41) is 8.98. The zero-order valence-corrected chi connectivity index (χ0v) is 15.4. The van der Waals surface area contributed by atoms with E-state index in [0.29, 0.717) is 26.2 Å². The van der Waals surface area contributed by atoms with E-state index >= 15 is 0 Å². The van der Waals surface area contributed by atoms with Crippen molar-refractivity contribution in [1.82, 2.24) is 9.80 Å². The van der Waals surface area contributed by atoms with Crippen LogP contribution in [0.5, 0.6) is 0 Å². The minimum Gasteiger partial charge on any atom is -0.478 e. The van der Waals surface area contributed by atoms with Gasteiger partial charge in [-0.3, -0.25) is 9.59 Å². The number of amides is 2. The highest BCUT2D eigenvalue weighted by Crippen LogP contribution is 2.35. The number of hydrogen-bond acceptors (Lipinski definition) is 4. The van der Waals surface area contributed by atoms with E-state index in [1.54, 1.807) is 36.2 Å². The molecule has 0 aliphatic carbocycles. The van der Waals surface area contributed by atoms with E-state index in [-0.39, 0.29) is 29.7 Å². The molecule has 7 heteroatoms. The van der Waals surface area contributed by atoms with Crippen LogP contribution in [-0.2, 0) is 9.59 Å². The third kappa shape index (κ3) is 3.13. The fourth-order valence-electron chi connectivity index (χ4n) is 3.73. The molecule has 0 radical (unpaired) electrons. The lowest BCUT2D eigenvalue weighted by atomic mass is 9.87. The van der Waals surface area contributed by atoms with Crippen LogP contribution in [0.3, 0.4) is 0 Å². The summed E-state index contributed by atoms with van der Waals surface area (Å²) in [7, 11) is 1.76. The minimum absolute atomic E-state index is 0.0190. The number of carbonyl (C=O) groups excluding carboxylic acids is 2. The molecule has 7 nitrogen and oxygen atoms in total. The Morgan fingerprint density at radius 1 is 1.08 bits per heavy atom. The van der Waals surface area contributed by atoms with Crippen molar-refractivity contribution in [2.24, 2.45) is 5.92 Å². The lowest BCUT2D eigenvalue weighted by Gasteiger charge is -2.40. The number of carboxylic acids is 1. The number of hydrogen-bond donors (Lipinski definition) is 1. The van der Waals surface area contributed by atoms with Crippen molar-refractivity contribution >= 4 is 23.5 Å². The maximum atomic E-state index is 12.9. The Morgan fingerprint density at radius 2 is 1.65 bits per heavy atom. The van der Waals surface area contributed by atoms with Crippen molar-refractivity contribution in [2.45, 2.75) is 25.8 Å². The van der Waals surface area contributed by atoms with E-state index in [1.807, 2.05) is 18.7 Å². The van der Waals surface area contributed by atoms with Crippen molar-refractivity contribution in [3.63, 3.8) is 0 Å². The molecule has 2 heterocycles. The van der Waals surface area contributed by atoms with Crippen LogP contribution in [0.15, 0.2) is 24.3 Å². The van der Waals surface area contributed by atoms with E-state index in [0.717, 1.165) is 5.69 Å². The Labute approximate surface area is 153 Å². The molecule has 0 saturated carbocycles. The van der Waals surface area contributed by atoms with Crippen molar-refractivity contribution < 1.29 is 19.5 Å². The molecule has 1 N–H and O–H groups in total. The fraction of sp³-hybridized carbons (Fsp3) is 0.526. The van der Waals surface area contributed by atoms with Gasteiger partial charge in [0.2, 0.25) is 11.8 Å². The molecule has 0 aromatic heterocycles. The largest absolute Gasteiger partial charge is 0.478 e. The molecule has 3 rings (SSSR count). The standard InChI is InChI=1S/C19H25N3O4/c1-19(2)15(12-16(23)20(19)3)17(24)22-10-8-21(9-11-22)14-6-4-13(5-7-14)18(25)26/h4-7,15H,8-12H2,1-3H3,(H,25,26). The van der Waals surface area contributed by atoms with Crippen molar-refractivity contribution in [1.29, 1.82) is 0 Å². The number of nitrogens with zero attached hydrogens (tertiary/aromatic N) is 3. The van der Waals surface area contributed by atoms with Gasteiger partial charge in [0.05, 0.1) is 11.5 Å². The van der Waals surface area contributed by atoms with Crippen LogP contribution in [0.25, 0.3) is 0 Å². The van der Waals surface area contributed by atoms with E-state index in [9.17, 15) is 14.4 Å². The van der Waals surface area contributed by atoms with Crippen molar-refractivity contribution in [3.8, 4) is 0 Å². The number of likely N-dealkylation sites (tertiary alicyclic amines) is 1. The smallest absolute Gasteiger partial charge is 0.335 e. The van der Waals surface area contributed by atoms with Gasteiger partial charge in [-0.1, -0.05) is 0 Å². The van der Waals surface area contributed by atoms with Gasteiger partial charge in [-0.2, -0.15) is 0 Å². The van der Waals surface area contributed by atoms with Crippen LogP contribution in [0.1, 0.15) is 30.6 Å². The summed E-state index contributed by atoms with van der Waals surface area (Å²) in [6.45, 7) is 6.47. The number of rotatable bonds is 3. The van der Waals surface area contributed by atoms with Gasteiger partial charge >= 0.3 is 5.97 Å². The first-order chi connectivity index (χ1) is 12.2. The first-order valence-corrected chi connectivity index (χ1v) is 8.85. The molecule has 1 unspecified atom stereocenters. The molecular weight excluding hydrogens is 334 g/mol. The predicted molar refractivity (Wildman–Crippen MR) is 97.2 cm³/mol. The lowest BCUT2D eigenvalue weighted by Crippen LogP contribution is -2.54. The fourth-order valence-corrected chi connectivity index (χ4v) is 3.73. The summed E-state index contributed by atoms with van der Waals surface area (Å²) in [6, 6.07) is 6.79. The maximum absolute atomic E-state index is 12.9. The summed E-state index contributed by atoms with van der Waals surface area (Å²) in [5.41, 5.74) is 0.760. The number of aromatic carboxylic acids is 1. The van der Waals surface area contributed by atoms with Gasteiger partial charge in [-0.15, -0.1) is 0 Å². The van der Waals surface area contributed by atoms with E-state index in [4.69, 9.17) is 5.11 Å². The Balaban J connectivity index is 1.62. The molecule has 2 amide bonds. The molecule has 0 bridgehead atoms. The van der Waals surface area contributed by atoms with Gasteiger partial charge in [0, 0.05) is 50.9 Å². The number of carbonyl (C=O) groups is 3. The molecular formula is C19H25N3O4. The van der Waals surface area contributed by atoms with Gasteiger partial charge in [-0.05, 0) is 38.1 Å². The normalized spacial score (nSPS) is 22.7. The van der Waals surface area contributed by atoms with Crippen LogP contribution in [0, 0.1) is 5.92 Å². The van der Waals surface area contributed by atoms with Crippen LogP contribution < -0.4 is 4.90 Å². The molecule has 2 aliphatic heterocycles. The number of anilines is 1. The maximum Gasteiger partial charge on any atom is 0.335 e. The zero-order chi connectivity index (χ0) is 19.1. The van der Waals surface area contributed by atoms with Crippen LogP contribution in [-0.4, -0.2) is 71.5 Å². The summed E-state index contributed by atoms with van der Waals surface area (Å²) in [6.07, 6.45) is 0.277. The second-order valence-corrected chi connectivity index (χ2v) is 7.53. The first-order valence-electron chi connectivity index (χ1n) is 8.85. The van der Waals surface area contributed by atoms with Crippen molar-refractivity contribution in [3.05, 3.63) is 29.8 Å². The van der Waals surface area contributed by atoms with Gasteiger partial charge < -0.3 is 19.8 Å². The lowest BCUT2D eigenvalue weighted by molar-refractivity contribution is -0.138. The highest BCUT2D eigenvalue weighted by Gasteiger charge is 2.49. The van der Waals surface area contributed by atoms with Gasteiger partial charge in [-0.25, -0.2) is 4.79 Å². The topological polar surface area (TPSA) is 81.2 Å². The molecule has 2 saturated heterocycles. The van der Waals surface area contributed by atoms with Crippen molar-refractivity contribution in [2.75, 3.05) is 38.1 Å². The molecule has 140 valence electrons. The average molecular weight is 359 g/mol. The van der Waals surface area contributed by atoms with Crippen LogP contribution >= 0.6 is 0 Å². The van der Waals surface area contributed by atoms with Gasteiger partial charge in [0.15, 0.2) is 0 Å². The summed E-state index contributed by atoms with van der Waals surface area (Å²) < 4.78 is 0. The Bertz CT molecular complexity index is 721. The van der Waals surface area contributed by atoms with Gasteiger partial charge in [0.25, 0.3) is 0 Å². The minimum atomic E-state index is -0.939. The summed E-state index contributed by atoms with van der Waals surface area (Å²) in [5.74, 6) is -1.17. The third-order valence-electron chi connectivity index (χ3n) is 5.84. The molecule has 0 spiro atoms. The van der Waals surface area contributed by atoms with E-state index in [2.05, 4.69) is 4.90 Å². The highest BCUT2D eigenvalue weighted by atomic mass is 16.4. The second-order valence-electron chi connectivity index (χ2n) is 7.53. The summed E-state index contributed by atoms with van der Waals surface area (Å²) in [4.78, 5) is 41.6. The number of carboxylic acid groups (broad SMARTS) is 1. The second kappa shape index (κ2) is 6.63. The van der Waals surface area contributed by atoms with Crippen LogP contribution in [0.2, 0.25) is 0 Å². The number of benzene rings is 1.